The SMILES string of the molecule is N#CC1=C(N)C(C#N)(C#N)[C@@H](c2cccc(Cl)c2)[C@@H]2CCCC=C12. The lowest BCUT2D eigenvalue weighted by atomic mass is 9.57. The van der Waals surface area contributed by atoms with Gasteiger partial charge >= 0.3 is 0 Å². The minimum absolute atomic E-state index is 0.0596. The van der Waals surface area contributed by atoms with Crippen molar-refractivity contribution in [3.8, 4) is 18.2 Å². The monoisotopic (exact) mass is 334 g/mol. The highest BCUT2D eigenvalue weighted by atomic mass is 35.5. The van der Waals surface area contributed by atoms with E-state index in [-0.39, 0.29) is 11.6 Å². The molecule has 0 heterocycles. The van der Waals surface area contributed by atoms with Crippen LogP contribution in [0.2, 0.25) is 5.02 Å². The maximum absolute atomic E-state index is 9.87. The van der Waals surface area contributed by atoms with Gasteiger partial charge in [-0.25, -0.2) is 0 Å². The number of rotatable bonds is 1. The molecule has 0 bridgehead atoms. The van der Waals surface area contributed by atoms with Crippen LogP contribution >= 0.6 is 11.6 Å². The molecule has 1 aromatic carbocycles. The Morgan fingerprint density at radius 3 is 2.58 bits per heavy atom. The van der Waals surface area contributed by atoms with E-state index < -0.39 is 11.3 Å². The normalized spacial score (nSPS) is 24.8. The maximum Gasteiger partial charge on any atom is 0.191 e. The number of hydrogen-bond acceptors (Lipinski definition) is 4. The summed E-state index contributed by atoms with van der Waals surface area (Å²) in [7, 11) is 0. The molecule has 3 rings (SSSR count). The number of nitriles is 3. The average molecular weight is 335 g/mol. The summed E-state index contributed by atoms with van der Waals surface area (Å²) in [5, 5.41) is 29.8. The second kappa shape index (κ2) is 6.04. The molecule has 5 heteroatoms. The molecule has 118 valence electrons. The third-order valence-electron chi connectivity index (χ3n) is 5.01. The summed E-state index contributed by atoms with van der Waals surface area (Å²) < 4.78 is 0. The van der Waals surface area contributed by atoms with Gasteiger partial charge in [0.25, 0.3) is 0 Å². The third kappa shape index (κ3) is 2.18. The van der Waals surface area contributed by atoms with Gasteiger partial charge in [-0.2, -0.15) is 15.8 Å². The van der Waals surface area contributed by atoms with Crippen molar-refractivity contribution in [2.75, 3.05) is 0 Å². The first-order valence-electron chi connectivity index (χ1n) is 7.77. The Balaban J connectivity index is 2.34. The Bertz CT molecular complexity index is 862. The van der Waals surface area contributed by atoms with Crippen LogP contribution in [0.5, 0.6) is 0 Å². The van der Waals surface area contributed by atoms with Crippen molar-refractivity contribution in [3.05, 3.63) is 57.8 Å². The molecule has 0 amide bonds. The van der Waals surface area contributed by atoms with Crippen LogP contribution in [0.25, 0.3) is 0 Å². The van der Waals surface area contributed by atoms with Gasteiger partial charge in [0.15, 0.2) is 5.41 Å². The van der Waals surface area contributed by atoms with E-state index in [1.807, 2.05) is 18.2 Å². The van der Waals surface area contributed by atoms with Crippen LogP contribution in [-0.2, 0) is 0 Å². The zero-order valence-corrected chi connectivity index (χ0v) is 13.7. The molecular weight excluding hydrogens is 320 g/mol. The topological polar surface area (TPSA) is 97.4 Å². The first-order chi connectivity index (χ1) is 11.6. The quantitative estimate of drug-likeness (QED) is 0.841. The van der Waals surface area contributed by atoms with E-state index in [0.29, 0.717) is 10.6 Å². The first kappa shape index (κ1) is 16.1. The zero-order valence-electron chi connectivity index (χ0n) is 13.0. The molecule has 0 aliphatic heterocycles. The second-order valence-electron chi connectivity index (χ2n) is 6.16. The van der Waals surface area contributed by atoms with Crippen LogP contribution in [0.4, 0.5) is 0 Å². The van der Waals surface area contributed by atoms with Crippen LogP contribution in [-0.4, -0.2) is 0 Å². The smallest absolute Gasteiger partial charge is 0.191 e. The molecule has 0 fully saturated rings. The molecule has 0 saturated heterocycles. The van der Waals surface area contributed by atoms with Gasteiger partial charge in [-0.05, 0) is 48.4 Å². The molecule has 2 aliphatic rings. The van der Waals surface area contributed by atoms with E-state index in [1.54, 1.807) is 12.1 Å². The third-order valence-corrected chi connectivity index (χ3v) is 5.24. The fraction of sp³-hybridized carbons (Fsp3) is 0.316. The molecule has 0 unspecified atom stereocenters. The van der Waals surface area contributed by atoms with Crippen molar-refractivity contribution in [3.63, 3.8) is 0 Å². The number of hydrogen-bond donors (Lipinski definition) is 1. The van der Waals surface area contributed by atoms with Gasteiger partial charge in [-0.1, -0.05) is 29.8 Å². The second-order valence-corrected chi connectivity index (χ2v) is 6.60. The predicted octanol–water partition coefficient (Wildman–Crippen LogP) is 3.93. The molecule has 2 aliphatic carbocycles. The summed E-state index contributed by atoms with van der Waals surface area (Å²) in [6.07, 6.45) is 4.66. The summed E-state index contributed by atoms with van der Waals surface area (Å²) in [5.41, 5.74) is 6.67. The predicted molar refractivity (Wildman–Crippen MR) is 90.1 cm³/mol. The van der Waals surface area contributed by atoms with Gasteiger partial charge in [-0.3, -0.25) is 0 Å². The van der Waals surface area contributed by atoms with Crippen LogP contribution in [0.1, 0.15) is 30.7 Å². The summed E-state index contributed by atoms with van der Waals surface area (Å²) in [6.45, 7) is 0. The number of benzene rings is 1. The Morgan fingerprint density at radius 1 is 1.21 bits per heavy atom. The van der Waals surface area contributed by atoms with Crippen LogP contribution in [0.3, 0.4) is 0 Å². The summed E-state index contributed by atoms with van der Waals surface area (Å²) >= 11 is 6.14. The largest absolute Gasteiger partial charge is 0.399 e. The molecule has 0 aromatic heterocycles. The van der Waals surface area contributed by atoms with Gasteiger partial charge in [0.2, 0.25) is 0 Å². The number of allylic oxidation sites excluding steroid dienone is 4. The van der Waals surface area contributed by atoms with E-state index in [4.69, 9.17) is 17.3 Å². The molecule has 2 atom stereocenters. The van der Waals surface area contributed by atoms with Crippen molar-refractivity contribution in [2.24, 2.45) is 17.1 Å². The van der Waals surface area contributed by atoms with E-state index >= 15 is 0 Å². The molecule has 0 spiro atoms. The molecule has 1 aromatic rings. The lowest BCUT2D eigenvalue weighted by Crippen LogP contribution is -2.42. The van der Waals surface area contributed by atoms with Gasteiger partial charge in [-0.15, -0.1) is 0 Å². The van der Waals surface area contributed by atoms with Crippen LogP contribution in [0.15, 0.2) is 47.2 Å². The molecule has 2 N–H and O–H groups in total. The highest BCUT2D eigenvalue weighted by Crippen LogP contribution is 2.55. The minimum atomic E-state index is -1.56. The van der Waals surface area contributed by atoms with Crippen molar-refractivity contribution in [1.82, 2.24) is 0 Å². The number of nitrogens with two attached hydrogens (primary N) is 1. The highest BCUT2D eigenvalue weighted by Gasteiger charge is 2.53. The summed E-state index contributed by atoms with van der Waals surface area (Å²) in [6, 6.07) is 13.6. The van der Waals surface area contributed by atoms with E-state index in [0.717, 1.165) is 30.4 Å². The van der Waals surface area contributed by atoms with Gasteiger partial charge in [0.1, 0.15) is 6.07 Å². The number of halogens is 1. The average Bonchev–Trinajstić information content (AvgIpc) is 2.61. The fourth-order valence-electron chi connectivity index (χ4n) is 3.95. The van der Waals surface area contributed by atoms with Gasteiger partial charge < -0.3 is 5.73 Å². The van der Waals surface area contributed by atoms with Crippen molar-refractivity contribution in [1.29, 1.82) is 15.8 Å². The summed E-state index contributed by atoms with van der Waals surface area (Å²) in [5.74, 6) is -0.520. The van der Waals surface area contributed by atoms with Gasteiger partial charge in [0, 0.05) is 10.9 Å². The fourth-order valence-corrected chi connectivity index (χ4v) is 4.15. The van der Waals surface area contributed by atoms with Gasteiger partial charge in [0.05, 0.1) is 23.4 Å². The lowest BCUT2D eigenvalue weighted by Gasteiger charge is -2.43. The van der Waals surface area contributed by atoms with Crippen molar-refractivity contribution < 1.29 is 0 Å². The van der Waals surface area contributed by atoms with Crippen LogP contribution in [0, 0.1) is 45.3 Å². The molecule has 0 radical (unpaired) electrons. The highest BCUT2D eigenvalue weighted by molar-refractivity contribution is 6.30. The zero-order chi connectivity index (χ0) is 17.3. The Kier molecular flexibility index (Phi) is 4.06. The number of nitrogens with zero attached hydrogens (tertiary/aromatic N) is 3. The molecule has 24 heavy (non-hydrogen) atoms. The Hall–Kier alpha value is -2.74. The Labute approximate surface area is 146 Å². The molecule has 4 nitrogen and oxygen atoms in total. The lowest BCUT2D eigenvalue weighted by molar-refractivity contribution is 0.317. The standard InChI is InChI=1S/C19H15ClN4/c20-13-5-3-4-12(8-13)17-15-7-2-1-6-14(15)16(9-21)18(24)19(17,10-22)11-23/h3-6,8,15,17H,1-2,7,24H2/t15-,17+/m1/s1. The van der Waals surface area contributed by atoms with E-state index in [2.05, 4.69) is 18.2 Å². The van der Waals surface area contributed by atoms with Crippen molar-refractivity contribution in [2.45, 2.75) is 25.2 Å². The molecule has 0 saturated carbocycles. The van der Waals surface area contributed by atoms with Crippen LogP contribution < -0.4 is 5.73 Å². The van der Waals surface area contributed by atoms with E-state index in [9.17, 15) is 15.8 Å². The van der Waals surface area contributed by atoms with E-state index in [1.165, 1.54) is 0 Å². The first-order valence-corrected chi connectivity index (χ1v) is 8.15. The van der Waals surface area contributed by atoms with Crippen molar-refractivity contribution >= 4 is 11.6 Å². The minimum Gasteiger partial charge on any atom is -0.399 e. The maximum atomic E-state index is 9.87. The Morgan fingerprint density at radius 2 is 1.96 bits per heavy atom. The number of fused-ring (bicyclic) bond motifs is 1. The summed E-state index contributed by atoms with van der Waals surface area (Å²) in [4.78, 5) is 0. The molecular formula is C19H15ClN4.